The van der Waals surface area contributed by atoms with Crippen LogP contribution in [0.4, 0.5) is 0 Å². The van der Waals surface area contributed by atoms with Gasteiger partial charge >= 0.3 is 17.6 Å². The van der Waals surface area contributed by atoms with Crippen molar-refractivity contribution in [3.63, 3.8) is 0 Å². The molecule has 8 atom stereocenters. The number of aliphatic hydroxyl groups is 1. The molecular weight excluding hydrogens is 570 g/mol. The summed E-state index contributed by atoms with van der Waals surface area (Å²) in [6, 6.07) is 4.90. The van der Waals surface area contributed by atoms with E-state index in [0.717, 1.165) is 6.26 Å². The topological polar surface area (TPSA) is 169 Å². The number of ether oxygens (including phenoxy) is 3. The summed E-state index contributed by atoms with van der Waals surface area (Å²) in [6.45, 7) is 7.59. The second-order valence-corrected chi connectivity index (χ2v) is 13.7. The highest BCUT2D eigenvalue weighted by molar-refractivity contribution is 7.86. The van der Waals surface area contributed by atoms with Gasteiger partial charge in [-0.2, -0.15) is 8.42 Å². The van der Waals surface area contributed by atoms with Crippen molar-refractivity contribution in [1.82, 2.24) is 4.98 Å². The molecule has 228 valence electrons. The van der Waals surface area contributed by atoms with Gasteiger partial charge in [0.15, 0.2) is 0 Å². The van der Waals surface area contributed by atoms with Gasteiger partial charge in [0.1, 0.15) is 40.5 Å². The van der Waals surface area contributed by atoms with Crippen molar-refractivity contribution in [3.05, 3.63) is 46.6 Å². The summed E-state index contributed by atoms with van der Waals surface area (Å²) < 4.78 is 54.4. The van der Waals surface area contributed by atoms with Crippen LogP contribution in [0.2, 0.25) is 0 Å². The Bertz CT molecular complexity index is 1570. The van der Waals surface area contributed by atoms with Crippen molar-refractivity contribution in [2.75, 3.05) is 6.26 Å². The van der Waals surface area contributed by atoms with Crippen LogP contribution in [0.25, 0.3) is 11.3 Å². The smallest absolute Gasteiger partial charge is 0.345 e. The molecule has 2 aromatic rings. The number of aromatic nitrogens is 1. The van der Waals surface area contributed by atoms with Gasteiger partial charge in [-0.05, 0) is 50.7 Å². The third kappa shape index (κ3) is 4.90. The maximum Gasteiger partial charge on any atom is 0.345 e. The lowest BCUT2D eigenvalue weighted by Gasteiger charge is -2.65. The van der Waals surface area contributed by atoms with Crippen LogP contribution in [-0.4, -0.2) is 60.1 Å². The van der Waals surface area contributed by atoms with Crippen molar-refractivity contribution < 1.29 is 45.9 Å². The maximum atomic E-state index is 13.4. The molecule has 3 unspecified atom stereocenters. The first kappa shape index (κ1) is 30.2. The second kappa shape index (κ2) is 10.2. The Balaban J connectivity index is 1.69. The highest BCUT2D eigenvalue weighted by atomic mass is 32.2. The molecule has 2 saturated carbocycles. The number of hydrogen-bond acceptors (Lipinski definition) is 12. The first-order valence-corrected chi connectivity index (χ1v) is 15.5. The van der Waals surface area contributed by atoms with Crippen LogP contribution in [0, 0.1) is 17.3 Å². The number of aliphatic hydroxyl groups excluding tert-OH is 1. The van der Waals surface area contributed by atoms with E-state index in [4.69, 9.17) is 22.8 Å². The van der Waals surface area contributed by atoms with Gasteiger partial charge in [-0.25, -0.2) is 4.79 Å². The van der Waals surface area contributed by atoms with Crippen LogP contribution < -0.4 is 10.4 Å². The quantitative estimate of drug-likeness (QED) is 0.391. The molecule has 2 fully saturated rings. The summed E-state index contributed by atoms with van der Waals surface area (Å²) in [5.74, 6) is -2.59. The second-order valence-electron chi connectivity index (χ2n) is 12.1. The zero-order chi connectivity index (χ0) is 30.8. The van der Waals surface area contributed by atoms with E-state index in [1.54, 1.807) is 32.2 Å². The number of pyridine rings is 1. The summed E-state index contributed by atoms with van der Waals surface area (Å²) >= 11 is 0. The fourth-order valence-electron chi connectivity index (χ4n) is 7.83. The van der Waals surface area contributed by atoms with Crippen molar-refractivity contribution >= 4 is 22.1 Å². The number of carbonyl (C=O) groups is 2. The average Bonchev–Trinajstić information content (AvgIpc) is 2.86. The van der Waals surface area contributed by atoms with Crippen molar-refractivity contribution in [1.29, 1.82) is 0 Å². The summed E-state index contributed by atoms with van der Waals surface area (Å²) in [5, 5.41) is 12.0. The van der Waals surface area contributed by atoms with Gasteiger partial charge in [0, 0.05) is 49.7 Å². The zero-order valence-corrected chi connectivity index (χ0v) is 25.1. The van der Waals surface area contributed by atoms with Gasteiger partial charge < -0.3 is 23.7 Å². The van der Waals surface area contributed by atoms with E-state index in [0.29, 0.717) is 12.0 Å². The van der Waals surface area contributed by atoms with Crippen LogP contribution >= 0.6 is 0 Å². The molecule has 0 bridgehead atoms. The van der Waals surface area contributed by atoms with Gasteiger partial charge in [-0.15, -0.1) is 0 Å². The largest absolute Gasteiger partial charge is 0.482 e. The first-order chi connectivity index (χ1) is 19.5. The number of esters is 2. The fourth-order valence-corrected chi connectivity index (χ4v) is 8.71. The molecule has 2 aliphatic carbocycles. The number of rotatable bonds is 5. The summed E-state index contributed by atoms with van der Waals surface area (Å²) in [4.78, 5) is 41.9. The molecule has 13 heteroatoms. The minimum Gasteiger partial charge on any atom is -0.482 e. The van der Waals surface area contributed by atoms with Gasteiger partial charge in [0.25, 0.3) is 10.1 Å². The molecule has 1 aliphatic heterocycles. The molecule has 5 rings (SSSR count). The van der Waals surface area contributed by atoms with Gasteiger partial charge in [0.2, 0.25) is 0 Å². The third-order valence-electron chi connectivity index (χ3n) is 9.27. The predicted octanol–water partition coefficient (Wildman–Crippen LogP) is 2.92. The Morgan fingerprint density at radius 1 is 1.12 bits per heavy atom. The monoisotopic (exact) mass is 605 g/mol. The molecule has 2 aromatic heterocycles. The summed E-state index contributed by atoms with van der Waals surface area (Å²) in [6.07, 6.45) is 1.21. The standard InChI is InChI=1S/C29H35NO11S/c1-15(31)37-21-9-10-27(3)20(28(21,4)41-42(6,35)36)13-22(38-16(2)32)29(5)25(27)24(33)23-19(40-29)12-18(39-26(23)34)17-8-7-11-30-14-17/h7-8,11-12,14,20-22,24-25,33H,9-10,13H2,1-6H3/t20?,21-,22-,24?,25?,27-,28-,29+/m0/s1. The van der Waals surface area contributed by atoms with E-state index in [1.807, 2.05) is 6.92 Å². The van der Waals surface area contributed by atoms with Crippen molar-refractivity contribution in [2.24, 2.45) is 17.3 Å². The normalized spacial score (nSPS) is 35.5. The molecule has 3 heterocycles. The van der Waals surface area contributed by atoms with E-state index in [9.17, 15) is 27.9 Å². The predicted molar refractivity (Wildman–Crippen MR) is 147 cm³/mol. The SMILES string of the molecule is CC(=O)O[C@H]1CC[C@@]2(C)C(C[C@H](OC(C)=O)[C@@]3(C)Oc4cc(-c5cccnc5)oc(=O)c4C(O)C23)[C@]1(C)OS(C)(=O)=O. The van der Waals surface area contributed by atoms with Crippen molar-refractivity contribution in [3.8, 4) is 17.1 Å². The summed E-state index contributed by atoms with van der Waals surface area (Å²) in [5.41, 5.74) is -4.29. The van der Waals surface area contributed by atoms with Crippen LogP contribution in [0.1, 0.15) is 65.5 Å². The molecular formula is C29H35NO11S. The van der Waals surface area contributed by atoms with Gasteiger partial charge in [-0.3, -0.25) is 18.8 Å². The Labute approximate surface area is 243 Å². The minimum absolute atomic E-state index is 0.0613. The van der Waals surface area contributed by atoms with Crippen molar-refractivity contribution in [2.45, 2.75) is 83.4 Å². The lowest BCUT2D eigenvalue weighted by molar-refractivity contribution is -0.274. The molecule has 0 saturated heterocycles. The van der Waals surface area contributed by atoms with E-state index >= 15 is 0 Å². The molecule has 12 nitrogen and oxygen atoms in total. The fraction of sp³-hybridized carbons (Fsp3) is 0.586. The molecule has 1 N–H and O–H groups in total. The van der Waals surface area contributed by atoms with E-state index in [1.165, 1.54) is 26.1 Å². The third-order valence-corrected chi connectivity index (χ3v) is 9.94. The Hall–Kier alpha value is -3.29. The zero-order valence-electron chi connectivity index (χ0n) is 24.3. The highest BCUT2D eigenvalue weighted by Gasteiger charge is 2.71. The van der Waals surface area contributed by atoms with Gasteiger partial charge in [0.05, 0.1) is 12.4 Å². The summed E-state index contributed by atoms with van der Waals surface area (Å²) in [7, 11) is -4.08. The first-order valence-electron chi connectivity index (χ1n) is 13.7. The maximum absolute atomic E-state index is 13.4. The Morgan fingerprint density at radius 3 is 2.38 bits per heavy atom. The molecule has 0 spiro atoms. The molecule has 3 aliphatic rings. The minimum atomic E-state index is -4.08. The lowest BCUT2D eigenvalue weighted by atomic mass is 9.45. The van der Waals surface area contributed by atoms with Crippen LogP contribution in [0.3, 0.4) is 0 Å². The van der Waals surface area contributed by atoms with Crippen LogP contribution in [-0.2, 0) is 33.4 Å². The van der Waals surface area contributed by atoms with Gasteiger partial charge in [-0.1, -0.05) is 6.92 Å². The van der Waals surface area contributed by atoms with E-state index < -0.39 is 74.4 Å². The van der Waals surface area contributed by atoms with Crippen LogP contribution in [0.5, 0.6) is 5.75 Å². The lowest BCUT2D eigenvalue weighted by Crippen LogP contribution is -2.73. The molecule has 0 aromatic carbocycles. The molecule has 0 radical (unpaired) electrons. The number of nitrogens with zero attached hydrogens (tertiary/aromatic N) is 1. The molecule has 0 amide bonds. The average molecular weight is 606 g/mol. The molecule has 42 heavy (non-hydrogen) atoms. The number of fused-ring (bicyclic) bond motifs is 4. The van der Waals surface area contributed by atoms with E-state index in [2.05, 4.69) is 4.98 Å². The Kier molecular flexibility index (Phi) is 7.30. The number of hydrogen-bond donors (Lipinski definition) is 1. The van der Waals surface area contributed by atoms with E-state index in [-0.39, 0.29) is 29.9 Å². The number of carbonyl (C=O) groups excluding carboxylic acids is 2. The highest BCUT2D eigenvalue weighted by Crippen LogP contribution is 2.66. The van der Waals surface area contributed by atoms with Crippen LogP contribution in [0.15, 0.2) is 39.8 Å². The Morgan fingerprint density at radius 2 is 1.79 bits per heavy atom.